The lowest BCUT2D eigenvalue weighted by Gasteiger charge is -2.32. The molecule has 1 amide bonds. The van der Waals surface area contributed by atoms with Crippen LogP contribution in [0.25, 0.3) is 0 Å². The number of amides is 1. The van der Waals surface area contributed by atoms with Gasteiger partial charge in [-0.15, -0.1) is 0 Å². The fourth-order valence-electron chi connectivity index (χ4n) is 2.69. The average molecular weight is 273 g/mol. The highest BCUT2D eigenvalue weighted by Crippen LogP contribution is 2.24. The van der Waals surface area contributed by atoms with Gasteiger partial charge in [0.25, 0.3) is 0 Å². The van der Waals surface area contributed by atoms with Gasteiger partial charge in [-0.05, 0) is 31.7 Å². The zero-order chi connectivity index (χ0) is 14.4. The normalized spacial score (nSPS) is 21.2. The summed E-state index contributed by atoms with van der Waals surface area (Å²) in [5.74, 6) is 0.206. The second-order valence-corrected chi connectivity index (χ2v) is 5.60. The van der Waals surface area contributed by atoms with Crippen molar-refractivity contribution in [3.05, 3.63) is 48.0 Å². The molecular formula is C17H23NO2. The molecule has 2 rings (SSSR count). The zero-order valence-electron chi connectivity index (χ0n) is 12.3. The van der Waals surface area contributed by atoms with Crippen LogP contribution in [-0.4, -0.2) is 19.6 Å². The Balaban J connectivity index is 2.12. The van der Waals surface area contributed by atoms with Gasteiger partial charge in [-0.25, -0.2) is 0 Å². The number of hydrogen-bond donors (Lipinski definition) is 1. The molecule has 1 aliphatic rings. The Kier molecular flexibility index (Phi) is 4.96. The van der Waals surface area contributed by atoms with Gasteiger partial charge in [0.05, 0.1) is 12.1 Å². The Hall–Kier alpha value is -1.61. The number of hydrogen-bond acceptors (Lipinski definition) is 2. The minimum atomic E-state index is -0.478. The zero-order valence-corrected chi connectivity index (χ0v) is 12.3. The van der Waals surface area contributed by atoms with Crippen LogP contribution in [0.1, 0.15) is 31.7 Å². The van der Waals surface area contributed by atoms with Gasteiger partial charge in [-0.1, -0.05) is 42.5 Å². The van der Waals surface area contributed by atoms with Crippen molar-refractivity contribution in [3.63, 3.8) is 0 Å². The maximum atomic E-state index is 12.5. The minimum absolute atomic E-state index is 0.0832. The number of carbonyl (C=O) groups excluding carboxylic acids is 1. The first-order chi connectivity index (χ1) is 9.65. The van der Waals surface area contributed by atoms with Gasteiger partial charge >= 0.3 is 0 Å². The molecule has 0 radical (unpaired) electrons. The van der Waals surface area contributed by atoms with E-state index in [0.717, 1.165) is 24.8 Å². The third-order valence-corrected chi connectivity index (χ3v) is 3.88. The van der Waals surface area contributed by atoms with Gasteiger partial charge in [-0.2, -0.15) is 0 Å². The molecule has 0 bridgehead atoms. The van der Waals surface area contributed by atoms with Crippen molar-refractivity contribution in [1.82, 2.24) is 5.32 Å². The topological polar surface area (TPSA) is 38.3 Å². The molecule has 0 heterocycles. The molecule has 0 saturated heterocycles. The highest BCUT2D eigenvalue weighted by molar-refractivity contribution is 5.80. The number of nitrogens with one attached hydrogen (secondary N) is 1. The van der Waals surface area contributed by atoms with Crippen molar-refractivity contribution in [2.75, 3.05) is 13.7 Å². The molecule has 20 heavy (non-hydrogen) atoms. The van der Waals surface area contributed by atoms with E-state index in [1.807, 2.05) is 37.3 Å². The second kappa shape index (κ2) is 6.71. The number of ether oxygens (including phenoxy) is 1. The van der Waals surface area contributed by atoms with E-state index in [-0.39, 0.29) is 11.8 Å². The fourth-order valence-corrected chi connectivity index (χ4v) is 2.69. The standard InChI is InChI=1S/C17H23NO2/c1-17(13-20-2,15-11-7-4-8-12-15)18-16(19)14-9-5-3-6-10-14/h3-5,7-8,11-12,14H,6,9-10,13H2,1-2H3,(H,18,19). The molecule has 1 aromatic carbocycles. The molecule has 1 N–H and O–H groups in total. The number of allylic oxidation sites excluding steroid dienone is 2. The van der Waals surface area contributed by atoms with Crippen LogP contribution in [0.2, 0.25) is 0 Å². The van der Waals surface area contributed by atoms with Crippen LogP contribution in [0.15, 0.2) is 42.5 Å². The van der Waals surface area contributed by atoms with Gasteiger partial charge in [0, 0.05) is 13.0 Å². The van der Waals surface area contributed by atoms with Crippen molar-refractivity contribution in [2.24, 2.45) is 5.92 Å². The molecule has 0 saturated carbocycles. The summed E-state index contributed by atoms with van der Waals surface area (Å²) >= 11 is 0. The summed E-state index contributed by atoms with van der Waals surface area (Å²) in [4.78, 5) is 12.5. The Morgan fingerprint density at radius 1 is 1.35 bits per heavy atom. The van der Waals surface area contributed by atoms with Crippen LogP contribution in [0.4, 0.5) is 0 Å². The third kappa shape index (κ3) is 3.48. The van der Waals surface area contributed by atoms with E-state index in [1.54, 1.807) is 7.11 Å². The van der Waals surface area contributed by atoms with Crippen LogP contribution in [0, 0.1) is 5.92 Å². The summed E-state index contributed by atoms with van der Waals surface area (Å²) in [5.41, 5.74) is 0.593. The minimum Gasteiger partial charge on any atom is -0.382 e. The van der Waals surface area contributed by atoms with Crippen LogP contribution < -0.4 is 5.32 Å². The van der Waals surface area contributed by atoms with E-state index in [4.69, 9.17) is 4.74 Å². The Labute approximate surface area is 121 Å². The maximum absolute atomic E-state index is 12.5. The molecule has 3 nitrogen and oxygen atoms in total. The van der Waals surface area contributed by atoms with Crippen molar-refractivity contribution in [3.8, 4) is 0 Å². The van der Waals surface area contributed by atoms with E-state index < -0.39 is 5.54 Å². The van der Waals surface area contributed by atoms with Gasteiger partial charge < -0.3 is 10.1 Å². The number of carbonyl (C=O) groups is 1. The highest BCUT2D eigenvalue weighted by Gasteiger charge is 2.31. The van der Waals surface area contributed by atoms with Gasteiger partial charge in [0.2, 0.25) is 5.91 Å². The summed E-state index contributed by atoms with van der Waals surface area (Å²) in [6, 6.07) is 10.0. The average Bonchev–Trinajstić information content (AvgIpc) is 2.49. The second-order valence-electron chi connectivity index (χ2n) is 5.60. The first kappa shape index (κ1) is 14.8. The smallest absolute Gasteiger partial charge is 0.224 e. The Bertz CT molecular complexity index is 469. The molecule has 0 spiro atoms. The summed E-state index contributed by atoms with van der Waals surface area (Å²) in [7, 11) is 1.66. The van der Waals surface area contributed by atoms with Crippen LogP contribution >= 0.6 is 0 Å². The molecule has 2 unspecified atom stereocenters. The number of methoxy groups -OCH3 is 1. The monoisotopic (exact) mass is 273 g/mol. The molecule has 108 valence electrons. The number of rotatable bonds is 5. The molecular weight excluding hydrogens is 250 g/mol. The van der Waals surface area contributed by atoms with Crippen molar-refractivity contribution < 1.29 is 9.53 Å². The molecule has 0 aliphatic heterocycles. The van der Waals surface area contributed by atoms with E-state index in [0.29, 0.717) is 6.61 Å². The van der Waals surface area contributed by atoms with Crippen molar-refractivity contribution in [2.45, 2.75) is 31.7 Å². The van der Waals surface area contributed by atoms with Crippen LogP contribution in [0.3, 0.4) is 0 Å². The van der Waals surface area contributed by atoms with Crippen LogP contribution in [0.5, 0.6) is 0 Å². The van der Waals surface area contributed by atoms with E-state index >= 15 is 0 Å². The lowest BCUT2D eigenvalue weighted by atomic mass is 9.89. The van der Waals surface area contributed by atoms with E-state index in [2.05, 4.69) is 17.5 Å². The first-order valence-corrected chi connectivity index (χ1v) is 7.17. The quantitative estimate of drug-likeness (QED) is 0.837. The Morgan fingerprint density at radius 3 is 2.70 bits per heavy atom. The lowest BCUT2D eigenvalue weighted by molar-refractivity contribution is -0.127. The molecule has 1 aromatic rings. The molecule has 0 fully saturated rings. The van der Waals surface area contributed by atoms with Gasteiger partial charge in [-0.3, -0.25) is 4.79 Å². The summed E-state index contributed by atoms with van der Waals surface area (Å²) in [6.07, 6.45) is 7.01. The SMILES string of the molecule is COCC(C)(NC(=O)C1CC=CCC1)c1ccccc1. The Morgan fingerprint density at radius 2 is 2.10 bits per heavy atom. The third-order valence-electron chi connectivity index (χ3n) is 3.88. The highest BCUT2D eigenvalue weighted by atomic mass is 16.5. The fraction of sp³-hybridized carbons (Fsp3) is 0.471. The van der Waals surface area contributed by atoms with Gasteiger partial charge in [0.1, 0.15) is 0 Å². The summed E-state index contributed by atoms with van der Waals surface area (Å²) < 4.78 is 5.32. The lowest BCUT2D eigenvalue weighted by Crippen LogP contribution is -2.49. The summed E-state index contributed by atoms with van der Waals surface area (Å²) in [5, 5.41) is 3.18. The maximum Gasteiger partial charge on any atom is 0.224 e. The summed E-state index contributed by atoms with van der Waals surface area (Å²) in [6.45, 7) is 2.48. The molecule has 2 atom stereocenters. The van der Waals surface area contributed by atoms with Crippen molar-refractivity contribution >= 4 is 5.91 Å². The molecule has 0 aromatic heterocycles. The predicted molar refractivity (Wildman–Crippen MR) is 80.3 cm³/mol. The first-order valence-electron chi connectivity index (χ1n) is 7.17. The largest absolute Gasteiger partial charge is 0.382 e. The van der Waals surface area contributed by atoms with Gasteiger partial charge in [0.15, 0.2) is 0 Å². The van der Waals surface area contributed by atoms with E-state index in [9.17, 15) is 4.79 Å². The molecule has 3 heteroatoms. The van der Waals surface area contributed by atoms with Crippen LogP contribution in [-0.2, 0) is 15.1 Å². The van der Waals surface area contributed by atoms with E-state index in [1.165, 1.54) is 0 Å². The molecule has 1 aliphatic carbocycles. The predicted octanol–water partition coefficient (Wildman–Crippen LogP) is 3.02. The van der Waals surface area contributed by atoms with Crippen molar-refractivity contribution in [1.29, 1.82) is 0 Å². The number of benzene rings is 1.